The smallest absolute Gasteiger partial charge is 0.238 e. The number of amides is 1. The normalized spacial score (nSPS) is 10.4. The Balaban J connectivity index is 2.55. The monoisotopic (exact) mass is 250 g/mol. The Bertz CT molecular complexity index is 432. The van der Waals surface area contributed by atoms with Gasteiger partial charge in [0, 0.05) is 6.54 Å². The van der Waals surface area contributed by atoms with Crippen molar-refractivity contribution in [3.8, 4) is 0 Å². The van der Waals surface area contributed by atoms with Crippen LogP contribution in [0.5, 0.6) is 0 Å². The molecule has 0 saturated carbocycles. The number of carbonyl (C=O) groups excluding carboxylic acids is 1. The van der Waals surface area contributed by atoms with Gasteiger partial charge in [0.2, 0.25) is 5.91 Å². The van der Waals surface area contributed by atoms with Crippen LogP contribution in [0.3, 0.4) is 0 Å². The maximum Gasteiger partial charge on any atom is 0.238 e. The third-order valence-corrected chi connectivity index (χ3v) is 2.46. The standard InChI is InChI=1S/C14H19FN2O/c1-4-17(9-11(2)3)10-14(18)16-13-8-6-5-7-12(13)15/h5-8H,2,4,9-10H2,1,3H3,(H,16,18). The Hall–Kier alpha value is -1.68. The lowest BCUT2D eigenvalue weighted by Gasteiger charge is -2.19. The van der Waals surface area contributed by atoms with E-state index in [1.807, 2.05) is 18.7 Å². The highest BCUT2D eigenvalue weighted by Gasteiger charge is 2.10. The third-order valence-electron chi connectivity index (χ3n) is 2.46. The van der Waals surface area contributed by atoms with Gasteiger partial charge >= 0.3 is 0 Å². The zero-order valence-corrected chi connectivity index (χ0v) is 10.9. The van der Waals surface area contributed by atoms with Gasteiger partial charge in [0.1, 0.15) is 5.82 Å². The van der Waals surface area contributed by atoms with Crippen molar-refractivity contribution in [1.82, 2.24) is 4.90 Å². The molecular weight excluding hydrogens is 231 g/mol. The van der Waals surface area contributed by atoms with E-state index in [1.54, 1.807) is 18.2 Å². The number of para-hydroxylation sites is 1. The van der Waals surface area contributed by atoms with Crippen LogP contribution in [-0.2, 0) is 4.79 Å². The number of anilines is 1. The van der Waals surface area contributed by atoms with Crippen LogP contribution in [0.25, 0.3) is 0 Å². The number of nitrogens with one attached hydrogen (secondary N) is 1. The second-order valence-electron chi connectivity index (χ2n) is 4.29. The fourth-order valence-electron chi connectivity index (χ4n) is 1.62. The van der Waals surface area contributed by atoms with Crippen molar-refractivity contribution < 1.29 is 9.18 Å². The number of hydrogen-bond acceptors (Lipinski definition) is 2. The molecule has 0 bridgehead atoms. The van der Waals surface area contributed by atoms with Gasteiger partial charge in [-0.25, -0.2) is 4.39 Å². The number of benzene rings is 1. The van der Waals surface area contributed by atoms with Crippen molar-refractivity contribution in [2.24, 2.45) is 0 Å². The van der Waals surface area contributed by atoms with Crippen LogP contribution in [0, 0.1) is 5.82 Å². The van der Waals surface area contributed by atoms with E-state index in [4.69, 9.17) is 0 Å². The van der Waals surface area contributed by atoms with Crippen LogP contribution in [0.1, 0.15) is 13.8 Å². The summed E-state index contributed by atoms with van der Waals surface area (Å²) in [5.74, 6) is -0.642. The van der Waals surface area contributed by atoms with E-state index in [2.05, 4.69) is 11.9 Å². The van der Waals surface area contributed by atoms with Crippen molar-refractivity contribution in [2.75, 3.05) is 25.0 Å². The lowest BCUT2D eigenvalue weighted by atomic mass is 10.3. The molecule has 0 unspecified atom stereocenters. The number of hydrogen-bond donors (Lipinski definition) is 1. The molecule has 1 aromatic rings. The van der Waals surface area contributed by atoms with Gasteiger partial charge in [0.15, 0.2) is 0 Å². The van der Waals surface area contributed by atoms with Gasteiger partial charge in [0.25, 0.3) is 0 Å². The zero-order valence-electron chi connectivity index (χ0n) is 10.9. The van der Waals surface area contributed by atoms with Crippen LogP contribution < -0.4 is 5.32 Å². The minimum atomic E-state index is -0.422. The summed E-state index contributed by atoms with van der Waals surface area (Å²) in [5.41, 5.74) is 1.21. The fraction of sp³-hybridized carbons (Fsp3) is 0.357. The van der Waals surface area contributed by atoms with E-state index >= 15 is 0 Å². The number of rotatable bonds is 6. The maximum atomic E-state index is 13.3. The Morgan fingerprint density at radius 2 is 2.06 bits per heavy atom. The van der Waals surface area contributed by atoms with Crippen LogP contribution in [-0.4, -0.2) is 30.4 Å². The van der Waals surface area contributed by atoms with Crippen LogP contribution in [0.15, 0.2) is 36.4 Å². The number of nitrogens with zero attached hydrogens (tertiary/aromatic N) is 1. The summed E-state index contributed by atoms with van der Waals surface area (Å²) in [6.07, 6.45) is 0. The molecule has 0 spiro atoms. The summed E-state index contributed by atoms with van der Waals surface area (Å²) in [6.45, 7) is 9.35. The molecule has 0 aliphatic rings. The predicted molar refractivity (Wildman–Crippen MR) is 72.0 cm³/mol. The molecule has 0 fully saturated rings. The number of halogens is 1. The summed E-state index contributed by atoms with van der Waals surface area (Å²) in [6, 6.07) is 6.14. The lowest BCUT2D eigenvalue weighted by Crippen LogP contribution is -2.34. The molecule has 1 aromatic carbocycles. The van der Waals surface area contributed by atoms with Gasteiger partial charge in [-0.2, -0.15) is 0 Å². The van der Waals surface area contributed by atoms with Crippen molar-refractivity contribution in [3.05, 3.63) is 42.2 Å². The highest BCUT2D eigenvalue weighted by atomic mass is 19.1. The molecule has 0 radical (unpaired) electrons. The highest BCUT2D eigenvalue weighted by molar-refractivity contribution is 5.92. The minimum absolute atomic E-state index is 0.217. The zero-order chi connectivity index (χ0) is 13.5. The first-order valence-corrected chi connectivity index (χ1v) is 5.94. The molecule has 0 aliphatic heterocycles. The molecular formula is C14H19FN2O. The third kappa shape index (κ3) is 4.67. The fourth-order valence-corrected chi connectivity index (χ4v) is 1.62. The van der Waals surface area contributed by atoms with Gasteiger partial charge in [0.05, 0.1) is 12.2 Å². The molecule has 3 nitrogen and oxygen atoms in total. The molecule has 18 heavy (non-hydrogen) atoms. The van der Waals surface area contributed by atoms with Crippen molar-refractivity contribution >= 4 is 11.6 Å². The molecule has 1 N–H and O–H groups in total. The average molecular weight is 250 g/mol. The van der Waals surface area contributed by atoms with E-state index in [9.17, 15) is 9.18 Å². The molecule has 0 heterocycles. The van der Waals surface area contributed by atoms with Gasteiger partial charge < -0.3 is 5.32 Å². The van der Waals surface area contributed by atoms with Gasteiger partial charge in [-0.15, -0.1) is 0 Å². The van der Waals surface area contributed by atoms with E-state index in [0.29, 0.717) is 6.54 Å². The lowest BCUT2D eigenvalue weighted by molar-refractivity contribution is -0.117. The molecule has 98 valence electrons. The van der Waals surface area contributed by atoms with Crippen molar-refractivity contribution in [2.45, 2.75) is 13.8 Å². The van der Waals surface area contributed by atoms with E-state index < -0.39 is 5.82 Å². The molecule has 0 saturated heterocycles. The Morgan fingerprint density at radius 1 is 1.39 bits per heavy atom. The Labute approximate surface area is 107 Å². The second kappa shape index (κ2) is 6.91. The summed E-state index contributed by atoms with van der Waals surface area (Å²) < 4.78 is 13.3. The first-order chi connectivity index (χ1) is 8.52. The maximum absolute atomic E-state index is 13.3. The summed E-state index contributed by atoms with van der Waals surface area (Å²) in [5, 5.41) is 2.56. The highest BCUT2D eigenvalue weighted by Crippen LogP contribution is 2.12. The van der Waals surface area contributed by atoms with Gasteiger partial charge in [-0.3, -0.25) is 9.69 Å². The van der Waals surface area contributed by atoms with E-state index in [0.717, 1.165) is 12.1 Å². The SMILES string of the molecule is C=C(C)CN(CC)CC(=O)Nc1ccccc1F. The first-order valence-electron chi connectivity index (χ1n) is 5.94. The van der Waals surface area contributed by atoms with Gasteiger partial charge in [-0.05, 0) is 25.6 Å². The summed E-state index contributed by atoms with van der Waals surface area (Å²) >= 11 is 0. The molecule has 1 amide bonds. The Kier molecular flexibility index (Phi) is 5.52. The van der Waals surface area contributed by atoms with E-state index in [1.165, 1.54) is 6.07 Å². The Morgan fingerprint density at radius 3 is 2.61 bits per heavy atom. The minimum Gasteiger partial charge on any atom is -0.322 e. The molecule has 0 atom stereocenters. The predicted octanol–water partition coefficient (Wildman–Crippen LogP) is 2.66. The first kappa shape index (κ1) is 14.4. The van der Waals surface area contributed by atoms with Crippen molar-refractivity contribution in [3.63, 3.8) is 0 Å². The van der Waals surface area contributed by atoms with Crippen LogP contribution >= 0.6 is 0 Å². The second-order valence-corrected chi connectivity index (χ2v) is 4.29. The molecule has 0 aromatic heterocycles. The summed E-state index contributed by atoms with van der Waals surface area (Å²) in [4.78, 5) is 13.7. The quantitative estimate of drug-likeness (QED) is 0.787. The molecule has 4 heteroatoms. The van der Waals surface area contributed by atoms with E-state index in [-0.39, 0.29) is 18.1 Å². The van der Waals surface area contributed by atoms with Crippen LogP contribution in [0.4, 0.5) is 10.1 Å². The largest absolute Gasteiger partial charge is 0.322 e. The number of carbonyl (C=O) groups is 1. The van der Waals surface area contributed by atoms with Crippen molar-refractivity contribution in [1.29, 1.82) is 0 Å². The summed E-state index contributed by atoms with van der Waals surface area (Å²) in [7, 11) is 0. The molecule has 1 rings (SSSR count). The topological polar surface area (TPSA) is 32.3 Å². The van der Waals surface area contributed by atoms with Crippen LogP contribution in [0.2, 0.25) is 0 Å². The average Bonchev–Trinajstić information content (AvgIpc) is 2.30. The number of likely N-dealkylation sites (N-methyl/N-ethyl adjacent to an activating group) is 1. The molecule has 0 aliphatic carbocycles. The van der Waals surface area contributed by atoms with Gasteiger partial charge in [-0.1, -0.05) is 31.2 Å².